The molecule has 2 aromatic carbocycles. The van der Waals surface area contributed by atoms with Crippen molar-refractivity contribution in [3.63, 3.8) is 0 Å². The Labute approximate surface area is 183 Å². The van der Waals surface area contributed by atoms with Gasteiger partial charge in [0.25, 0.3) is 0 Å². The van der Waals surface area contributed by atoms with Gasteiger partial charge in [-0.25, -0.2) is 0 Å². The molecule has 0 bridgehead atoms. The highest BCUT2D eigenvalue weighted by atomic mass is 127. The van der Waals surface area contributed by atoms with E-state index >= 15 is 0 Å². The van der Waals surface area contributed by atoms with E-state index < -0.39 is 0 Å². The molecule has 0 saturated heterocycles. The van der Waals surface area contributed by atoms with Crippen LogP contribution in [0.2, 0.25) is 0 Å². The van der Waals surface area contributed by atoms with Crippen LogP contribution >= 0.6 is 24.0 Å². The second-order valence-corrected chi connectivity index (χ2v) is 6.22. The number of nitrogens with one attached hydrogen (secondary N) is 2. The summed E-state index contributed by atoms with van der Waals surface area (Å²) in [5.74, 6) is 3.18. The molecule has 28 heavy (non-hydrogen) atoms. The lowest BCUT2D eigenvalue weighted by molar-refractivity contribution is 0.261. The number of aliphatic imine (C=N–C) groups is 1. The molecule has 0 amide bonds. The molecule has 1 unspecified atom stereocenters. The summed E-state index contributed by atoms with van der Waals surface area (Å²) in [6.45, 7) is 3.89. The van der Waals surface area contributed by atoms with Crippen molar-refractivity contribution in [1.29, 1.82) is 0 Å². The van der Waals surface area contributed by atoms with Gasteiger partial charge in [-0.1, -0.05) is 24.3 Å². The summed E-state index contributed by atoms with van der Waals surface area (Å²) in [4.78, 5) is 4.36. The van der Waals surface area contributed by atoms with E-state index in [1.807, 2.05) is 43.3 Å². The first-order valence-electron chi connectivity index (χ1n) is 9.23. The molecule has 0 aliphatic carbocycles. The molecule has 7 heteroatoms. The molecule has 1 atom stereocenters. The summed E-state index contributed by atoms with van der Waals surface area (Å²) in [6.07, 6.45) is 0.898. The van der Waals surface area contributed by atoms with Crippen molar-refractivity contribution < 1.29 is 14.2 Å². The van der Waals surface area contributed by atoms with Gasteiger partial charge in [-0.3, -0.25) is 4.99 Å². The number of benzene rings is 2. The van der Waals surface area contributed by atoms with Crippen LogP contribution in [0.25, 0.3) is 0 Å². The molecule has 0 radical (unpaired) electrons. The van der Waals surface area contributed by atoms with E-state index in [9.17, 15) is 0 Å². The van der Waals surface area contributed by atoms with Gasteiger partial charge in [0, 0.05) is 25.6 Å². The molecule has 1 heterocycles. The molecule has 0 saturated carbocycles. The lowest BCUT2D eigenvalue weighted by atomic mass is 10.0. The molecule has 0 fully saturated rings. The fourth-order valence-corrected chi connectivity index (χ4v) is 3.14. The Morgan fingerprint density at radius 3 is 2.79 bits per heavy atom. The summed E-state index contributed by atoms with van der Waals surface area (Å²) in [7, 11) is 3.42. The molecule has 0 spiro atoms. The third-order valence-corrected chi connectivity index (χ3v) is 4.48. The Morgan fingerprint density at radius 2 is 2.04 bits per heavy atom. The van der Waals surface area contributed by atoms with Crippen LogP contribution in [-0.4, -0.2) is 33.3 Å². The van der Waals surface area contributed by atoms with E-state index in [1.54, 1.807) is 14.2 Å². The van der Waals surface area contributed by atoms with Gasteiger partial charge in [-0.05, 0) is 30.7 Å². The van der Waals surface area contributed by atoms with Crippen LogP contribution in [-0.2, 0) is 6.54 Å². The number of halogens is 1. The van der Waals surface area contributed by atoms with Gasteiger partial charge < -0.3 is 24.8 Å². The minimum atomic E-state index is 0. The van der Waals surface area contributed by atoms with E-state index in [0.717, 1.165) is 40.8 Å². The SMILES string of the molecule is CCOc1cc(CNC(=NC)NC2CCOc3ccccc32)ccc1OC.I. The molecule has 2 N–H and O–H groups in total. The Hall–Kier alpha value is -2.16. The molecule has 6 nitrogen and oxygen atoms in total. The molecule has 3 rings (SSSR count). The summed E-state index contributed by atoms with van der Waals surface area (Å²) < 4.78 is 16.7. The van der Waals surface area contributed by atoms with Gasteiger partial charge in [-0.15, -0.1) is 24.0 Å². The Balaban J connectivity index is 0.00000280. The van der Waals surface area contributed by atoms with E-state index in [-0.39, 0.29) is 30.0 Å². The zero-order chi connectivity index (χ0) is 19.1. The first kappa shape index (κ1) is 22.1. The highest BCUT2D eigenvalue weighted by molar-refractivity contribution is 14.0. The van der Waals surface area contributed by atoms with Crippen molar-refractivity contribution in [3.05, 3.63) is 53.6 Å². The van der Waals surface area contributed by atoms with Gasteiger partial charge in [0.1, 0.15) is 5.75 Å². The summed E-state index contributed by atoms with van der Waals surface area (Å²) in [6, 6.07) is 14.2. The quantitative estimate of drug-likeness (QED) is 0.360. The molecule has 1 aliphatic heterocycles. The van der Waals surface area contributed by atoms with Crippen LogP contribution in [0.5, 0.6) is 17.2 Å². The molecular weight excluding hydrogens is 469 g/mol. The van der Waals surface area contributed by atoms with Crippen molar-refractivity contribution in [2.24, 2.45) is 4.99 Å². The molecule has 0 aromatic heterocycles. The maximum absolute atomic E-state index is 5.73. The van der Waals surface area contributed by atoms with Crippen molar-refractivity contribution in [1.82, 2.24) is 10.6 Å². The Kier molecular flexibility index (Phi) is 8.69. The lowest BCUT2D eigenvalue weighted by Gasteiger charge is -2.28. The number of fused-ring (bicyclic) bond motifs is 1. The monoisotopic (exact) mass is 497 g/mol. The number of rotatable bonds is 6. The number of para-hydroxylation sites is 1. The first-order valence-corrected chi connectivity index (χ1v) is 9.23. The third-order valence-electron chi connectivity index (χ3n) is 4.48. The van der Waals surface area contributed by atoms with Gasteiger partial charge in [-0.2, -0.15) is 0 Å². The zero-order valence-electron chi connectivity index (χ0n) is 16.5. The number of nitrogens with zero attached hydrogens (tertiary/aromatic N) is 1. The number of hydrogen-bond acceptors (Lipinski definition) is 4. The highest BCUT2D eigenvalue weighted by Gasteiger charge is 2.21. The van der Waals surface area contributed by atoms with Gasteiger partial charge in [0.15, 0.2) is 17.5 Å². The maximum Gasteiger partial charge on any atom is 0.191 e. The summed E-state index contributed by atoms with van der Waals surface area (Å²) in [5.41, 5.74) is 2.25. The normalized spacial score (nSPS) is 15.5. The number of methoxy groups -OCH3 is 1. The summed E-state index contributed by atoms with van der Waals surface area (Å²) >= 11 is 0. The van der Waals surface area contributed by atoms with Crippen molar-refractivity contribution in [3.8, 4) is 17.2 Å². The van der Waals surface area contributed by atoms with Crippen LogP contribution < -0.4 is 24.8 Å². The fourth-order valence-electron chi connectivity index (χ4n) is 3.14. The first-order chi connectivity index (χ1) is 13.2. The fraction of sp³-hybridized carbons (Fsp3) is 0.381. The number of ether oxygens (including phenoxy) is 3. The molecular formula is C21H28IN3O3. The molecule has 2 aromatic rings. The largest absolute Gasteiger partial charge is 0.493 e. The smallest absolute Gasteiger partial charge is 0.191 e. The predicted molar refractivity (Wildman–Crippen MR) is 122 cm³/mol. The number of hydrogen-bond donors (Lipinski definition) is 2. The third kappa shape index (κ3) is 5.43. The second kappa shape index (κ2) is 11.0. The van der Waals surface area contributed by atoms with Crippen LogP contribution in [0.4, 0.5) is 0 Å². The Bertz CT molecular complexity index is 798. The molecule has 152 valence electrons. The van der Waals surface area contributed by atoms with Gasteiger partial charge in [0.2, 0.25) is 0 Å². The standard InChI is InChI=1S/C21H27N3O3.HI/c1-4-26-20-13-15(9-10-19(20)25-3)14-23-21(22-2)24-17-11-12-27-18-8-6-5-7-16(17)18;/h5-10,13,17H,4,11-12,14H2,1-3H3,(H2,22,23,24);1H. The van der Waals surface area contributed by atoms with Gasteiger partial charge >= 0.3 is 0 Å². The Morgan fingerprint density at radius 1 is 1.21 bits per heavy atom. The zero-order valence-corrected chi connectivity index (χ0v) is 18.9. The van der Waals surface area contributed by atoms with E-state index in [0.29, 0.717) is 19.8 Å². The van der Waals surface area contributed by atoms with E-state index in [4.69, 9.17) is 14.2 Å². The summed E-state index contributed by atoms with van der Waals surface area (Å²) in [5, 5.41) is 6.87. The van der Waals surface area contributed by atoms with Crippen LogP contribution in [0.15, 0.2) is 47.5 Å². The second-order valence-electron chi connectivity index (χ2n) is 6.22. The van der Waals surface area contributed by atoms with Crippen molar-refractivity contribution >= 4 is 29.9 Å². The highest BCUT2D eigenvalue weighted by Crippen LogP contribution is 2.31. The maximum atomic E-state index is 5.73. The number of guanidine groups is 1. The lowest BCUT2D eigenvalue weighted by Crippen LogP contribution is -2.40. The van der Waals surface area contributed by atoms with Crippen LogP contribution in [0.3, 0.4) is 0 Å². The minimum Gasteiger partial charge on any atom is -0.493 e. The van der Waals surface area contributed by atoms with Gasteiger partial charge in [0.05, 0.1) is 26.4 Å². The predicted octanol–water partition coefficient (Wildman–Crippen LogP) is 3.90. The van der Waals surface area contributed by atoms with Crippen LogP contribution in [0.1, 0.15) is 30.5 Å². The van der Waals surface area contributed by atoms with E-state index in [1.165, 1.54) is 0 Å². The minimum absolute atomic E-state index is 0. The average molecular weight is 497 g/mol. The van der Waals surface area contributed by atoms with E-state index in [2.05, 4.69) is 21.7 Å². The average Bonchev–Trinajstić information content (AvgIpc) is 2.71. The topological polar surface area (TPSA) is 64.1 Å². The van der Waals surface area contributed by atoms with Crippen molar-refractivity contribution in [2.45, 2.75) is 25.9 Å². The molecule has 1 aliphatic rings. The van der Waals surface area contributed by atoms with Crippen LogP contribution in [0, 0.1) is 0 Å². The van der Waals surface area contributed by atoms with Crippen molar-refractivity contribution in [2.75, 3.05) is 27.4 Å².